The molecule has 0 aromatic rings. The fraction of sp³-hybridized carbons (Fsp3) is 0.923. The first kappa shape index (κ1) is 13.8. The number of ether oxygens (including phenoxy) is 2. The number of hydrogen-bond acceptors (Lipinski definition) is 4. The Morgan fingerprint density at radius 2 is 2.17 bits per heavy atom. The molecule has 2 heterocycles. The lowest BCUT2D eigenvalue weighted by molar-refractivity contribution is -0.122. The summed E-state index contributed by atoms with van der Waals surface area (Å²) < 4.78 is 11.0. The van der Waals surface area contributed by atoms with Crippen LogP contribution in [0.2, 0.25) is 0 Å². The van der Waals surface area contributed by atoms with Gasteiger partial charge in [0.15, 0.2) is 0 Å². The van der Waals surface area contributed by atoms with Crippen LogP contribution in [-0.2, 0) is 14.3 Å². The van der Waals surface area contributed by atoms with E-state index in [0.717, 1.165) is 58.5 Å². The number of carbonyl (C=O) groups excluding carboxylic acids is 1. The lowest BCUT2D eigenvalue weighted by Gasteiger charge is -2.22. The van der Waals surface area contributed by atoms with Crippen molar-refractivity contribution in [2.75, 3.05) is 32.9 Å². The number of nitrogens with one attached hydrogen (secondary N) is 2. The molecule has 2 fully saturated rings. The van der Waals surface area contributed by atoms with Crippen molar-refractivity contribution in [3.8, 4) is 0 Å². The Morgan fingerprint density at radius 1 is 1.33 bits per heavy atom. The zero-order valence-corrected chi connectivity index (χ0v) is 11.0. The van der Waals surface area contributed by atoms with Gasteiger partial charge in [0.25, 0.3) is 0 Å². The van der Waals surface area contributed by atoms with E-state index in [9.17, 15) is 4.79 Å². The van der Waals surface area contributed by atoms with Gasteiger partial charge in [-0.25, -0.2) is 0 Å². The second kappa shape index (κ2) is 7.71. The SMILES string of the molecule is O=C(NCCCOC1CCOCC1)C1CCCN1. The van der Waals surface area contributed by atoms with Gasteiger partial charge in [-0.1, -0.05) is 0 Å². The van der Waals surface area contributed by atoms with E-state index >= 15 is 0 Å². The summed E-state index contributed by atoms with van der Waals surface area (Å²) in [6, 6.07) is 0.0291. The lowest BCUT2D eigenvalue weighted by Crippen LogP contribution is -2.41. The van der Waals surface area contributed by atoms with Gasteiger partial charge in [-0.2, -0.15) is 0 Å². The van der Waals surface area contributed by atoms with Crippen molar-refractivity contribution in [3.63, 3.8) is 0 Å². The van der Waals surface area contributed by atoms with Gasteiger partial charge in [-0.15, -0.1) is 0 Å². The molecule has 18 heavy (non-hydrogen) atoms. The maximum atomic E-state index is 11.7. The summed E-state index contributed by atoms with van der Waals surface area (Å²) in [5.41, 5.74) is 0. The van der Waals surface area contributed by atoms with Crippen LogP contribution in [0.3, 0.4) is 0 Å². The summed E-state index contributed by atoms with van der Waals surface area (Å²) in [7, 11) is 0. The van der Waals surface area contributed by atoms with Crippen LogP contribution in [0.4, 0.5) is 0 Å². The monoisotopic (exact) mass is 256 g/mol. The third kappa shape index (κ3) is 4.55. The van der Waals surface area contributed by atoms with Gasteiger partial charge in [-0.05, 0) is 38.6 Å². The third-order valence-corrected chi connectivity index (χ3v) is 3.52. The second-order valence-corrected chi connectivity index (χ2v) is 4.98. The van der Waals surface area contributed by atoms with Crippen LogP contribution >= 0.6 is 0 Å². The maximum absolute atomic E-state index is 11.7. The highest BCUT2D eigenvalue weighted by molar-refractivity contribution is 5.81. The highest BCUT2D eigenvalue weighted by Gasteiger charge is 2.21. The predicted molar refractivity (Wildman–Crippen MR) is 68.4 cm³/mol. The van der Waals surface area contributed by atoms with E-state index in [1.54, 1.807) is 0 Å². The molecule has 5 nitrogen and oxygen atoms in total. The van der Waals surface area contributed by atoms with Crippen LogP contribution in [-0.4, -0.2) is 51.0 Å². The average Bonchev–Trinajstić information content (AvgIpc) is 2.93. The van der Waals surface area contributed by atoms with E-state index in [2.05, 4.69) is 10.6 Å². The fourth-order valence-corrected chi connectivity index (χ4v) is 2.41. The molecule has 5 heteroatoms. The van der Waals surface area contributed by atoms with Crippen LogP contribution in [0.5, 0.6) is 0 Å². The summed E-state index contributed by atoms with van der Waals surface area (Å²) in [4.78, 5) is 11.7. The Labute approximate surface area is 109 Å². The van der Waals surface area contributed by atoms with Gasteiger partial charge in [0.2, 0.25) is 5.91 Å². The summed E-state index contributed by atoms with van der Waals surface area (Å²) in [6.07, 6.45) is 5.30. The molecule has 2 saturated heterocycles. The van der Waals surface area contributed by atoms with Gasteiger partial charge in [0.1, 0.15) is 0 Å². The summed E-state index contributed by atoms with van der Waals surface area (Å²) in [6.45, 7) is 4.03. The maximum Gasteiger partial charge on any atom is 0.237 e. The molecular formula is C13H24N2O3. The molecular weight excluding hydrogens is 232 g/mol. The van der Waals surface area contributed by atoms with Crippen molar-refractivity contribution in [2.45, 2.75) is 44.2 Å². The zero-order valence-electron chi connectivity index (χ0n) is 11.0. The van der Waals surface area contributed by atoms with Crippen LogP contribution in [0.1, 0.15) is 32.1 Å². The molecule has 2 aliphatic rings. The standard InChI is InChI=1S/C13H24N2O3/c16-13(12-3-1-6-14-12)15-7-2-8-18-11-4-9-17-10-5-11/h11-12,14H,1-10H2,(H,15,16). The van der Waals surface area contributed by atoms with Crippen molar-refractivity contribution in [1.82, 2.24) is 10.6 Å². The van der Waals surface area contributed by atoms with Crippen LogP contribution in [0.15, 0.2) is 0 Å². The third-order valence-electron chi connectivity index (χ3n) is 3.52. The Balaban J connectivity index is 1.46. The molecule has 1 unspecified atom stereocenters. The molecule has 0 aliphatic carbocycles. The summed E-state index contributed by atoms with van der Waals surface area (Å²) in [5, 5.41) is 6.15. The van der Waals surface area contributed by atoms with Crippen molar-refractivity contribution in [1.29, 1.82) is 0 Å². The van der Waals surface area contributed by atoms with Crippen molar-refractivity contribution >= 4 is 5.91 Å². The molecule has 1 atom stereocenters. The smallest absolute Gasteiger partial charge is 0.237 e. The highest BCUT2D eigenvalue weighted by atomic mass is 16.5. The van der Waals surface area contributed by atoms with Crippen molar-refractivity contribution < 1.29 is 14.3 Å². The first-order chi connectivity index (χ1) is 8.86. The molecule has 0 spiro atoms. The molecule has 2 N–H and O–H groups in total. The molecule has 0 saturated carbocycles. The molecule has 1 amide bonds. The topological polar surface area (TPSA) is 59.6 Å². The first-order valence-electron chi connectivity index (χ1n) is 7.07. The lowest BCUT2D eigenvalue weighted by atomic mass is 10.1. The average molecular weight is 256 g/mol. The quantitative estimate of drug-likeness (QED) is 0.677. The van der Waals surface area contributed by atoms with E-state index < -0.39 is 0 Å². The van der Waals surface area contributed by atoms with E-state index in [1.165, 1.54) is 0 Å². The van der Waals surface area contributed by atoms with Gasteiger partial charge in [-0.3, -0.25) is 4.79 Å². The highest BCUT2D eigenvalue weighted by Crippen LogP contribution is 2.10. The number of amides is 1. The van der Waals surface area contributed by atoms with Crippen LogP contribution < -0.4 is 10.6 Å². The minimum Gasteiger partial charge on any atom is -0.381 e. The van der Waals surface area contributed by atoms with Gasteiger partial charge in [0.05, 0.1) is 12.1 Å². The Morgan fingerprint density at radius 3 is 2.89 bits per heavy atom. The van der Waals surface area contributed by atoms with Crippen molar-refractivity contribution in [3.05, 3.63) is 0 Å². The normalized spacial score (nSPS) is 25.2. The molecule has 2 aliphatic heterocycles. The van der Waals surface area contributed by atoms with E-state index in [0.29, 0.717) is 12.6 Å². The number of rotatable bonds is 6. The molecule has 0 aromatic carbocycles. The minimum absolute atomic E-state index is 0.0291. The Hall–Kier alpha value is -0.650. The largest absolute Gasteiger partial charge is 0.381 e. The zero-order chi connectivity index (χ0) is 12.6. The predicted octanol–water partition coefficient (Wildman–Crippen LogP) is 0.440. The summed E-state index contributed by atoms with van der Waals surface area (Å²) >= 11 is 0. The Kier molecular flexibility index (Phi) is 5.90. The molecule has 0 bridgehead atoms. The first-order valence-corrected chi connectivity index (χ1v) is 7.07. The van der Waals surface area contributed by atoms with Crippen LogP contribution in [0, 0.1) is 0 Å². The van der Waals surface area contributed by atoms with Gasteiger partial charge < -0.3 is 20.1 Å². The molecule has 0 aromatic heterocycles. The van der Waals surface area contributed by atoms with E-state index in [1.807, 2.05) is 0 Å². The van der Waals surface area contributed by atoms with Gasteiger partial charge in [0, 0.05) is 26.4 Å². The minimum atomic E-state index is 0.0291. The molecule has 0 radical (unpaired) electrons. The molecule has 2 rings (SSSR count). The van der Waals surface area contributed by atoms with E-state index in [4.69, 9.17) is 9.47 Å². The summed E-state index contributed by atoms with van der Waals surface area (Å²) in [5.74, 6) is 0.138. The van der Waals surface area contributed by atoms with Crippen LogP contribution in [0.25, 0.3) is 0 Å². The Bertz CT molecular complexity index is 249. The fourth-order valence-electron chi connectivity index (χ4n) is 2.41. The van der Waals surface area contributed by atoms with Crippen molar-refractivity contribution in [2.24, 2.45) is 0 Å². The van der Waals surface area contributed by atoms with Gasteiger partial charge >= 0.3 is 0 Å². The van der Waals surface area contributed by atoms with E-state index in [-0.39, 0.29) is 11.9 Å². The second-order valence-electron chi connectivity index (χ2n) is 4.98. The number of carbonyl (C=O) groups is 1. The molecule has 104 valence electrons. The number of hydrogen-bond donors (Lipinski definition) is 2.